The van der Waals surface area contributed by atoms with Gasteiger partial charge < -0.3 is 24.6 Å². The summed E-state index contributed by atoms with van der Waals surface area (Å²) in [6.07, 6.45) is 7.22. The van der Waals surface area contributed by atoms with E-state index in [1.54, 1.807) is 6.07 Å². The number of hydrogen-bond donors (Lipinski definition) is 2. The van der Waals surface area contributed by atoms with Crippen LogP contribution in [0.2, 0.25) is 0 Å². The van der Waals surface area contributed by atoms with E-state index in [1.165, 1.54) is 24.3 Å². The summed E-state index contributed by atoms with van der Waals surface area (Å²) in [5.74, 6) is 0.884. The number of hydrogen-bond acceptors (Lipinski definition) is 8. The molecule has 44 heavy (non-hydrogen) atoms. The van der Waals surface area contributed by atoms with Crippen molar-refractivity contribution in [2.45, 2.75) is 43.4 Å². The average molecular weight is 605 g/mol. The smallest absolute Gasteiger partial charge is 0.225 e. The molecule has 3 aliphatic rings. The molecule has 3 atom stereocenters. The Bertz CT molecular complexity index is 1850. The van der Waals surface area contributed by atoms with Crippen molar-refractivity contribution in [3.63, 3.8) is 0 Å². The predicted molar refractivity (Wildman–Crippen MR) is 160 cm³/mol. The normalized spacial score (nSPS) is 23.0. The number of terminal acetylenes is 1. The molecular weight excluding hydrogens is 573 g/mol. The van der Waals surface area contributed by atoms with Gasteiger partial charge in [0.1, 0.15) is 42.2 Å². The largest absolute Gasteiger partial charge is 0.508 e. The molecule has 7 rings (SSSR count). The molecule has 2 fully saturated rings. The molecule has 0 bridgehead atoms. The zero-order valence-electron chi connectivity index (χ0n) is 24.1. The lowest BCUT2D eigenvalue weighted by atomic mass is 9.95. The first-order valence-electron chi connectivity index (χ1n) is 14.7. The van der Waals surface area contributed by atoms with Crippen molar-refractivity contribution < 1.29 is 32.9 Å². The van der Waals surface area contributed by atoms with Crippen molar-refractivity contribution >= 4 is 27.4 Å². The van der Waals surface area contributed by atoms with Crippen LogP contribution in [-0.2, 0) is 0 Å². The standard InChI is InChI=1S/C33H31F3N4O4/c1-3-22-24(35)6-5-18-11-21(42)12-23(27(18)22)30-29(36)31-28-25(39(2)20(7-10-41)16-43-32(28)38-30)13-26(37-31)44-17-33-8-4-9-40(33)15-19(34)14-33/h1,5-6,11-13,19-20,41-42H,4,7-10,14-17H2,2H3/t19-,20+,33+/m1/s1. The molecule has 0 amide bonds. The van der Waals surface area contributed by atoms with Crippen LogP contribution < -0.4 is 14.4 Å². The summed E-state index contributed by atoms with van der Waals surface area (Å²) >= 11 is 0. The van der Waals surface area contributed by atoms with E-state index in [9.17, 15) is 19.0 Å². The third-order valence-corrected chi connectivity index (χ3v) is 9.32. The number of anilines is 1. The number of aromatic hydroxyl groups is 1. The van der Waals surface area contributed by atoms with E-state index in [0.29, 0.717) is 35.8 Å². The van der Waals surface area contributed by atoms with Gasteiger partial charge in [0.25, 0.3) is 0 Å². The highest BCUT2D eigenvalue weighted by atomic mass is 19.1. The minimum absolute atomic E-state index is 0.0753. The molecular formula is C33H31F3N4O4. The van der Waals surface area contributed by atoms with Crippen LogP contribution in [-0.4, -0.2) is 82.8 Å². The third-order valence-electron chi connectivity index (χ3n) is 9.32. The predicted octanol–water partition coefficient (Wildman–Crippen LogP) is 4.95. The number of ether oxygens (including phenoxy) is 2. The van der Waals surface area contributed by atoms with Gasteiger partial charge in [-0.3, -0.25) is 4.90 Å². The summed E-state index contributed by atoms with van der Waals surface area (Å²) in [6, 6.07) is 6.75. The van der Waals surface area contributed by atoms with Crippen molar-refractivity contribution in [1.29, 1.82) is 0 Å². The van der Waals surface area contributed by atoms with E-state index in [-0.39, 0.29) is 71.1 Å². The van der Waals surface area contributed by atoms with Crippen molar-refractivity contribution in [3.8, 4) is 41.1 Å². The Balaban J connectivity index is 1.43. The Kier molecular flexibility index (Phi) is 6.94. The van der Waals surface area contributed by atoms with Crippen LogP contribution in [0.4, 0.5) is 18.9 Å². The molecule has 0 spiro atoms. The van der Waals surface area contributed by atoms with Crippen LogP contribution in [0.5, 0.6) is 17.5 Å². The molecule has 228 valence electrons. The first-order chi connectivity index (χ1) is 21.2. The monoisotopic (exact) mass is 604 g/mol. The van der Waals surface area contributed by atoms with Crippen LogP contribution in [0.25, 0.3) is 32.9 Å². The Morgan fingerprint density at radius 1 is 1.20 bits per heavy atom. The van der Waals surface area contributed by atoms with Gasteiger partial charge in [0.15, 0.2) is 5.82 Å². The summed E-state index contributed by atoms with van der Waals surface area (Å²) < 4.78 is 58.4. The van der Waals surface area contributed by atoms with Crippen LogP contribution in [0, 0.1) is 24.0 Å². The van der Waals surface area contributed by atoms with Gasteiger partial charge in [-0.15, -0.1) is 6.42 Å². The van der Waals surface area contributed by atoms with E-state index in [1.807, 2.05) is 11.9 Å². The van der Waals surface area contributed by atoms with Crippen LogP contribution in [0.15, 0.2) is 30.3 Å². The summed E-state index contributed by atoms with van der Waals surface area (Å²) in [5, 5.41) is 21.2. The number of nitrogens with zero attached hydrogens (tertiary/aromatic N) is 4. The fourth-order valence-corrected chi connectivity index (χ4v) is 7.15. The molecule has 5 heterocycles. The number of phenols is 1. The fourth-order valence-electron chi connectivity index (χ4n) is 7.15. The zero-order valence-corrected chi connectivity index (χ0v) is 24.1. The summed E-state index contributed by atoms with van der Waals surface area (Å²) in [6.45, 7) is 1.40. The minimum atomic E-state index is -0.931. The maximum atomic E-state index is 16.8. The van der Waals surface area contributed by atoms with E-state index in [4.69, 9.17) is 15.9 Å². The lowest BCUT2D eigenvalue weighted by molar-refractivity contribution is 0.111. The molecule has 0 saturated carbocycles. The number of aromatic nitrogens is 2. The minimum Gasteiger partial charge on any atom is -0.508 e. The van der Waals surface area contributed by atoms with Gasteiger partial charge in [-0.05, 0) is 49.4 Å². The average Bonchev–Trinajstić information content (AvgIpc) is 3.49. The van der Waals surface area contributed by atoms with Crippen LogP contribution in [0.1, 0.15) is 31.2 Å². The van der Waals surface area contributed by atoms with Gasteiger partial charge in [-0.2, -0.15) is 0 Å². The summed E-state index contributed by atoms with van der Waals surface area (Å²) in [7, 11) is 1.82. The zero-order chi connectivity index (χ0) is 30.7. The number of alkyl halides is 1. The molecule has 2 aromatic carbocycles. The van der Waals surface area contributed by atoms with E-state index >= 15 is 4.39 Å². The summed E-state index contributed by atoms with van der Waals surface area (Å²) in [5.41, 5.74) is -0.248. The Morgan fingerprint density at radius 2 is 2.05 bits per heavy atom. The van der Waals surface area contributed by atoms with Crippen LogP contribution in [0.3, 0.4) is 0 Å². The van der Waals surface area contributed by atoms with Gasteiger partial charge in [-0.1, -0.05) is 12.0 Å². The van der Waals surface area contributed by atoms with E-state index < -0.39 is 23.3 Å². The molecule has 4 aromatic rings. The molecule has 2 aromatic heterocycles. The van der Waals surface area contributed by atoms with E-state index in [2.05, 4.69) is 20.8 Å². The third kappa shape index (κ3) is 4.47. The number of phenolic OH excluding ortho intramolecular Hbond substituents is 1. The number of halogens is 3. The Hall–Kier alpha value is -4.27. The quantitative estimate of drug-likeness (QED) is 0.299. The molecule has 8 nitrogen and oxygen atoms in total. The molecule has 3 aliphatic heterocycles. The van der Waals surface area contributed by atoms with Gasteiger partial charge in [-0.25, -0.2) is 23.1 Å². The molecule has 0 radical (unpaired) electrons. The molecule has 2 N–H and O–H groups in total. The van der Waals surface area contributed by atoms with Crippen molar-refractivity contribution in [3.05, 3.63) is 47.5 Å². The Labute approximate surface area is 252 Å². The van der Waals surface area contributed by atoms with Crippen molar-refractivity contribution in [2.75, 3.05) is 44.9 Å². The molecule has 0 unspecified atom stereocenters. The highest BCUT2D eigenvalue weighted by Crippen LogP contribution is 2.45. The van der Waals surface area contributed by atoms with Crippen molar-refractivity contribution in [2.24, 2.45) is 0 Å². The molecule has 2 saturated heterocycles. The summed E-state index contributed by atoms with van der Waals surface area (Å²) in [4.78, 5) is 13.1. The second-order valence-electron chi connectivity index (χ2n) is 11.9. The van der Waals surface area contributed by atoms with Crippen LogP contribution >= 0.6 is 0 Å². The number of pyridine rings is 2. The van der Waals surface area contributed by atoms with Gasteiger partial charge in [0.2, 0.25) is 11.8 Å². The lowest BCUT2D eigenvalue weighted by Gasteiger charge is -2.31. The number of fused-ring (bicyclic) bond motifs is 2. The molecule has 0 aliphatic carbocycles. The number of rotatable bonds is 6. The number of benzene rings is 2. The number of likely N-dealkylation sites (N-methyl/N-ethyl adjacent to an activating group) is 1. The maximum Gasteiger partial charge on any atom is 0.225 e. The fraction of sp³-hybridized carbons (Fsp3) is 0.394. The first-order valence-corrected chi connectivity index (χ1v) is 14.7. The van der Waals surface area contributed by atoms with E-state index in [0.717, 1.165) is 19.4 Å². The first kappa shape index (κ1) is 28.5. The van der Waals surface area contributed by atoms with Crippen molar-refractivity contribution in [1.82, 2.24) is 14.9 Å². The number of aliphatic hydroxyl groups is 1. The van der Waals surface area contributed by atoms with Gasteiger partial charge >= 0.3 is 0 Å². The number of aliphatic hydroxyl groups excluding tert-OH is 1. The lowest BCUT2D eigenvalue weighted by Crippen LogP contribution is -2.43. The second kappa shape index (κ2) is 10.7. The highest BCUT2D eigenvalue weighted by molar-refractivity contribution is 6.04. The second-order valence-corrected chi connectivity index (χ2v) is 11.9. The Morgan fingerprint density at radius 3 is 2.84 bits per heavy atom. The van der Waals surface area contributed by atoms with Gasteiger partial charge in [0, 0.05) is 43.6 Å². The maximum absolute atomic E-state index is 16.8. The molecule has 11 heteroatoms. The highest BCUT2D eigenvalue weighted by Gasteiger charge is 2.49. The topological polar surface area (TPSA) is 91.2 Å². The SMILES string of the molecule is C#Cc1c(F)ccc2cc(O)cc(-c3nc4c5c(cc(OC[C@@]67CCCN6C[C@H](F)C7)nc5c3F)N(C)[C@@H](CCO)CO4)c12. The van der Waals surface area contributed by atoms with Gasteiger partial charge in [0.05, 0.1) is 28.2 Å².